The zero-order valence-corrected chi connectivity index (χ0v) is 24.1. The topological polar surface area (TPSA) is 179 Å². The van der Waals surface area contributed by atoms with Gasteiger partial charge in [0.15, 0.2) is 0 Å². The molecular weight excluding hydrogens is 575 g/mol. The molecule has 11 nitrogen and oxygen atoms in total. The maximum Gasteiger partial charge on any atom is 0.414 e. The summed E-state index contributed by atoms with van der Waals surface area (Å²) < 4.78 is 0. The molecule has 0 aromatic heterocycles. The number of carboxylic acid groups (broad SMARTS) is 2. The Kier molecular flexibility index (Phi) is 10.4. The second-order valence-electron chi connectivity index (χ2n) is 10.6. The average Bonchev–Trinajstić information content (AvgIpc) is 3.34. The van der Waals surface area contributed by atoms with E-state index < -0.39 is 42.6 Å². The SMILES string of the molecule is NC(=O)[C@H](CCCC(=O)O)NC(=O)C(CCCC(=O)O)B1N=C(c2ccc(-c3cccc(Cl)c3)cc2)C=C2CCC(=O)N12. The van der Waals surface area contributed by atoms with E-state index in [2.05, 4.69) is 5.32 Å². The largest absolute Gasteiger partial charge is 0.481 e. The van der Waals surface area contributed by atoms with Crippen LogP contribution >= 0.6 is 11.6 Å². The van der Waals surface area contributed by atoms with E-state index in [-0.39, 0.29) is 50.9 Å². The van der Waals surface area contributed by atoms with Crippen molar-refractivity contribution in [3.63, 3.8) is 0 Å². The third-order valence-corrected chi connectivity index (χ3v) is 7.73. The van der Waals surface area contributed by atoms with E-state index in [4.69, 9.17) is 27.3 Å². The molecule has 0 radical (unpaired) electrons. The summed E-state index contributed by atoms with van der Waals surface area (Å²) in [6.45, 7) is -0.973. The molecule has 0 spiro atoms. The van der Waals surface area contributed by atoms with E-state index >= 15 is 0 Å². The van der Waals surface area contributed by atoms with Crippen molar-refractivity contribution in [1.82, 2.24) is 10.1 Å². The maximum atomic E-state index is 13.7. The van der Waals surface area contributed by atoms with Crippen molar-refractivity contribution in [1.29, 1.82) is 0 Å². The standard InChI is InChI=1S/C30H32BClN4O7/c32-21-5-1-4-20(16-21)18-10-12-19(13-11-18)25-17-22-14-15-26(37)36(22)31(35-25)23(6-2-8-27(38)39)30(43)34-24(29(33)42)7-3-9-28(40)41/h1,4-5,10-13,16-17,23-24H,2-3,6-9,14-15H2,(H2,33,42)(H,34,43)(H,38,39)(H,40,41)/t23?,24-/m0/s1. The number of hydrogen-bond acceptors (Lipinski definition) is 6. The Hall–Kier alpha value is -4.45. The van der Waals surface area contributed by atoms with Crippen molar-refractivity contribution in [2.75, 3.05) is 0 Å². The van der Waals surface area contributed by atoms with Gasteiger partial charge in [0.05, 0.1) is 11.5 Å². The van der Waals surface area contributed by atoms with Crippen LogP contribution in [0.4, 0.5) is 0 Å². The minimum atomic E-state index is -1.14. The van der Waals surface area contributed by atoms with Gasteiger partial charge in [-0.3, -0.25) is 24.0 Å². The van der Waals surface area contributed by atoms with Crippen LogP contribution in [0.1, 0.15) is 56.9 Å². The number of carboxylic acids is 2. The normalized spacial score (nSPS) is 15.7. The molecule has 1 fully saturated rings. The Bertz CT molecular complexity index is 1480. The first-order chi connectivity index (χ1) is 20.5. The number of carbonyl (C=O) groups excluding carboxylic acids is 3. The van der Waals surface area contributed by atoms with Crippen LogP contribution in [0.15, 0.2) is 65.2 Å². The minimum Gasteiger partial charge on any atom is -0.481 e. The Morgan fingerprint density at radius 3 is 2.23 bits per heavy atom. The summed E-state index contributed by atoms with van der Waals surface area (Å²) in [5.41, 5.74) is 9.40. The molecule has 4 rings (SSSR count). The molecule has 1 saturated heterocycles. The number of rotatable bonds is 14. The smallest absolute Gasteiger partial charge is 0.414 e. The highest BCUT2D eigenvalue weighted by Crippen LogP contribution is 2.35. The van der Waals surface area contributed by atoms with Crippen LogP contribution in [-0.2, 0) is 24.0 Å². The van der Waals surface area contributed by atoms with Crippen molar-refractivity contribution < 1.29 is 34.2 Å². The number of nitrogens with zero attached hydrogens (tertiary/aromatic N) is 2. The van der Waals surface area contributed by atoms with Crippen LogP contribution in [0.5, 0.6) is 0 Å². The zero-order chi connectivity index (χ0) is 31.1. The lowest BCUT2D eigenvalue weighted by Gasteiger charge is -2.33. The minimum absolute atomic E-state index is 0.0151. The number of fused-ring (bicyclic) bond motifs is 1. The first-order valence-electron chi connectivity index (χ1n) is 14.0. The lowest BCUT2D eigenvalue weighted by molar-refractivity contribution is -0.138. The van der Waals surface area contributed by atoms with Crippen LogP contribution in [-0.4, -0.2) is 63.4 Å². The third-order valence-electron chi connectivity index (χ3n) is 7.50. The first-order valence-corrected chi connectivity index (χ1v) is 14.4. The van der Waals surface area contributed by atoms with E-state index in [1.54, 1.807) is 6.07 Å². The molecule has 2 atom stereocenters. The second-order valence-corrected chi connectivity index (χ2v) is 11.0. The Balaban J connectivity index is 1.65. The fourth-order valence-corrected chi connectivity index (χ4v) is 5.52. The Morgan fingerprint density at radius 2 is 1.60 bits per heavy atom. The van der Waals surface area contributed by atoms with E-state index in [1.807, 2.05) is 48.5 Å². The number of nitrogens with two attached hydrogens (primary N) is 1. The predicted octanol–water partition coefficient (Wildman–Crippen LogP) is 3.65. The number of aliphatic carboxylic acids is 2. The molecule has 2 aromatic rings. The Labute approximate surface area is 253 Å². The summed E-state index contributed by atoms with van der Waals surface area (Å²) in [5.74, 6) is -4.72. The first kappa shape index (κ1) is 31.5. The summed E-state index contributed by atoms with van der Waals surface area (Å²) in [6, 6.07) is 14.0. The number of nitrogens with one attached hydrogen (secondary N) is 1. The molecule has 2 aliphatic rings. The molecule has 0 aliphatic carbocycles. The lowest BCUT2D eigenvalue weighted by atomic mass is 9.57. The highest BCUT2D eigenvalue weighted by atomic mass is 35.5. The van der Waals surface area contributed by atoms with Gasteiger partial charge in [0.25, 0.3) is 0 Å². The summed E-state index contributed by atoms with van der Waals surface area (Å²) in [4.78, 5) is 67.3. The van der Waals surface area contributed by atoms with Gasteiger partial charge in [-0.25, -0.2) is 0 Å². The highest BCUT2D eigenvalue weighted by molar-refractivity contribution is 6.65. The lowest BCUT2D eigenvalue weighted by Crippen LogP contribution is -2.52. The average molecular weight is 607 g/mol. The van der Waals surface area contributed by atoms with E-state index in [0.717, 1.165) is 16.7 Å². The molecule has 5 N–H and O–H groups in total. The van der Waals surface area contributed by atoms with Gasteiger partial charge >= 0.3 is 18.9 Å². The van der Waals surface area contributed by atoms with Gasteiger partial charge in [0.1, 0.15) is 6.04 Å². The van der Waals surface area contributed by atoms with Crippen molar-refractivity contribution in [2.45, 2.75) is 63.2 Å². The van der Waals surface area contributed by atoms with Crippen molar-refractivity contribution in [2.24, 2.45) is 10.6 Å². The number of primary amides is 1. The molecule has 43 heavy (non-hydrogen) atoms. The molecule has 2 aromatic carbocycles. The summed E-state index contributed by atoms with van der Waals surface area (Å²) in [6.07, 6.45) is 2.44. The number of hydrogen-bond donors (Lipinski definition) is 4. The molecule has 2 heterocycles. The van der Waals surface area contributed by atoms with Crippen LogP contribution in [0.2, 0.25) is 10.8 Å². The monoisotopic (exact) mass is 606 g/mol. The number of carbonyl (C=O) groups is 5. The molecule has 3 amide bonds. The fourth-order valence-electron chi connectivity index (χ4n) is 5.33. The molecule has 1 unspecified atom stereocenters. The van der Waals surface area contributed by atoms with Gasteiger partial charge in [-0.1, -0.05) is 48.0 Å². The van der Waals surface area contributed by atoms with Gasteiger partial charge in [-0.05, 0) is 67.0 Å². The summed E-state index contributed by atoms with van der Waals surface area (Å²) in [7, 11) is 0. The molecule has 13 heteroatoms. The molecule has 2 aliphatic heterocycles. The predicted molar refractivity (Wildman–Crippen MR) is 161 cm³/mol. The molecule has 0 bridgehead atoms. The van der Waals surface area contributed by atoms with E-state index in [1.165, 1.54) is 4.81 Å². The molecule has 0 saturated carbocycles. The van der Waals surface area contributed by atoms with Crippen LogP contribution in [0, 0.1) is 0 Å². The maximum absolute atomic E-state index is 13.7. The number of halogens is 1. The van der Waals surface area contributed by atoms with Crippen molar-refractivity contribution in [3.8, 4) is 11.1 Å². The van der Waals surface area contributed by atoms with Gasteiger partial charge in [0.2, 0.25) is 17.7 Å². The van der Waals surface area contributed by atoms with Crippen LogP contribution in [0.25, 0.3) is 11.1 Å². The van der Waals surface area contributed by atoms with Crippen LogP contribution < -0.4 is 11.1 Å². The quantitative estimate of drug-likeness (QED) is 0.237. The van der Waals surface area contributed by atoms with Crippen LogP contribution in [0.3, 0.4) is 0 Å². The van der Waals surface area contributed by atoms with Gasteiger partial charge in [-0.15, -0.1) is 0 Å². The van der Waals surface area contributed by atoms with Gasteiger partial charge in [-0.2, -0.15) is 0 Å². The summed E-state index contributed by atoms with van der Waals surface area (Å²) in [5, 5.41) is 21.4. The van der Waals surface area contributed by atoms with Crippen molar-refractivity contribution in [3.05, 3.63) is 70.9 Å². The highest BCUT2D eigenvalue weighted by Gasteiger charge is 2.46. The number of amides is 3. The fraction of sp³-hybridized carbons (Fsp3) is 0.333. The molecular formula is C30H32BClN4O7. The van der Waals surface area contributed by atoms with E-state index in [0.29, 0.717) is 22.9 Å². The van der Waals surface area contributed by atoms with Gasteiger partial charge < -0.3 is 31.0 Å². The number of allylic oxidation sites excluding steroid dienone is 2. The van der Waals surface area contributed by atoms with Gasteiger partial charge in [0, 0.05) is 30.0 Å². The third kappa shape index (κ3) is 8.10. The summed E-state index contributed by atoms with van der Waals surface area (Å²) >= 11 is 6.15. The Morgan fingerprint density at radius 1 is 0.953 bits per heavy atom. The number of benzene rings is 2. The van der Waals surface area contributed by atoms with E-state index in [9.17, 15) is 29.1 Å². The van der Waals surface area contributed by atoms with Crippen molar-refractivity contribution >= 4 is 54.0 Å². The zero-order valence-electron chi connectivity index (χ0n) is 23.4. The second kappa shape index (κ2) is 14.1. The molecule has 224 valence electrons.